The SMILES string of the molecule is CC(C)n1c(=O)sc2cc(S(=O)(=O)N3CCC(Cc4ccccc4)CC3)ccc21. The molecule has 7 heteroatoms. The van der Waals surface area contributed by atoms with Crippen LogP contribution in [0.15, 0.2) is 58.2 Å². The van der Waals surface area contributed by atoms with Crippen molar-refractivity contribution in [1.29, 1.82) is 0 Å². The van der Waals surface area contributed by atoms with E-state index >= 15 is 0 Å². The maximum atomic E-state index is 13.2. The van der Waals surface area contributed by atoms with Crippen LogP contribution in [0.1, 0.15) is 38.3 Å². The summed E-state index contributed by atoms with van der Waals surface area (Å²) in [6, 6.07) is 15.5. The zero-order chi connectivity index (χ0) is 20.6. The number of fused-ring (bicyclic) bond motifs is 1. The Kier molecular flexibility index (Phi) is 5.64. The Balaban J connectivity index is 1.51. The fraction of sp³-hybridized carbons (Fsp3) is 0.409. The quantitative estimate of drug-likeness (QED) is 0.607. The van der Waals surface area contributed by atoms with E-state index in [-0.39, 0.29) is 15.8 Å². The largest absolute Gasteiger partial charge is 0.308 e. The first kappa shape index (κ1) is 20.3. The van der Waals surface area contributed by atoms with Gasteiger partial charge in [0.15, 0.2) is 0 Å². The number of sulfonamides is 1. The van der Waals surface area contributed by atoms with Crippen molar-refractivity contribution in [2.75, 3.05) is 13.1 Å². The maximum absolute atomic E-state index is 13.2. The molecule has 0 atom stereocenters. The minimum atomic E-state index is -3.54. The van der Waals surface area contributed by atoms with Gasteiger partial charge in [-0.2, -0.15) is 4.31 Å². The summed E-state index contributed by atoms with van der Waals surface area (Å²) in [5.74, 6) is 0.511. The van der Waals surface area contributed by atoms with Crippen LogP contribution < -0.4 is 4.87 Å². The fourth-order valence-electron chi connectivity index (χ4n) is 4.12. The lowest BCUT2D eigenvalue weighted by atomic mass is 9.91. The summed E-state index contributed by atoms with van der Waals surface area (Å²) in [7, 11) is -3.54. The molecule has 1 aliphatic heterocycles. The van der Waals surface area contributed by atoms with Crippen LogP contribution in [0.25, 0.3) is 10.2 Å². The second-order valence-corrected chi connectivity index (χ2v) is 10.9. The Bertz CT molecular complexity index is 1160. The van der Waals surface area contributed by atoms with Gasteiger partial charge in [-0.15, -0.1) is 0 Å². The summed E-state index contributed by atoms with van der Waals surface area (Å²) >= 11 is 1.11. The standard InChI is InChI=1S/C22H26N2O3S2/c1-16(2)24-20-9-8-19(15-21(20)28-22(24)25)29(26,27)23-12-10-18(11-13-23)14-17-6-4-3-5-7-17/h3-9,15-16,18H,10-14H2,1-2H3. The Morgan fingerprint density at radius 1 is 1.07 bits per heavy atom. The summed E-state index contributed by atoms with van der Waals surface area (Å²) in [4.78, 5) is 12.5. The van der Waals surface area contributed by atoms with Gasteiger partial charge in [-0.3, -0.25) is 9.36 Å². The van der Waals surface area contributed by atoms with Gasteiger partial charge in [-0.05, 0) is 62.8 Å². The number of thiazole rings is 1. The van der Waals surface area contributed by atoms with Gasteiger partial charge in [0.25, 0.3) is 0 Å². The van der Waals surface area contributed by atoms with E-state index in [2.05, 4.69) is 12.1 Å². The highest BCUT2D eigenvalue weighted by molar-refractivity contribution is 7.89. The first-order valence-corrected chi connectivity index (χ1v) is 12.3. The molecule has 29 heavy (non-hydrogen) atoms. The molecular weight excluding hydrogens is 404 g/mol. The third-order valence-electron chi connectivity index (χ3n) is 5.68. The Morgan fingerprint density at radius 3 is 2.41 bits per heavy atom. The minimum Gasteiger partial charge on any atom is -0.296 e. The molecule has 2 heterocycles. The van der Waals surface area contributed by atoms with Crippen LogP contribution in [0.2, 0.25) is 0 Å². The molecule has 0 radical (unpaired) electrons. The van der Waals surface area contributed by atoms with Gasteiger partial charge in [-0.1, -0.05) is 41.7 Å². The van der Waals surface area contributed by atoms with Crippen molar-refractivity contribution in [2.45, 2.75) is 44.0 Å². The smallest absolute Gasteiger partial charge is 0.296 e. The highest BCUT2D eigenvalue weighted by Crippen LogP contribution is 2.29. The zero-order valence-electron chi connectivity index (χ0n) is 16.7. The molecule has 1 aromatic heterocycles. The highest BCUT2D eigenvalue weighted by Gasteiger charge is 2.30. The van der Waals surface area contributed by atoms with E-state index in [1.54, 1.807) is 27.1 Å². The number of hydrogen-bond donors (Lipinski definition) is 0. The van der Waals surface area contributed by atoms with Gasteiger partial charge in [0.1, 0.15) is 0 Å². The van der Waals surface area contributed by atoms with Crippen molar-refractivity contribution in [3.8, 4) is 0 Å². The van der Waals surface area contributed by atoms with Crippen LogP contribution in [0, 0.1) is 5.92 Å². The predicted octanol–water partition coefficient (Wildman–Crippen LogP) is 4.29. The molecule has 0 N–H and O–H groups in total. The lowest BCUT2D eigenvalue weighted by molar-refractivity contribution is 0.273. The van der Waals surface area contributed by atoms with E-state index in [9.17, 15) is 13.2 Å². The van der Waals surface area contributed by atoms with Gasteiger partial charge in [0.05, 0.1) is 15.1 Å². The van der Waals surface area contributed by atoms with E-state index in [1.165, 1.54) is 5.56 Å². The topological polar surface area (TPSA) is 59.4 Å². The van der Waals surface area contributed by atoms with Crippen molar-refractivity contribution < 1.29 is 8.42 Å². The second kappa shape index (κ2) is 8.05. The molecule has 3 aromatic rings. The lowest BCUT2D eigenvalue weighted by Crippen LogP contribution is -2.38. The summed E-state index contributed by atoms with van der Waals surface area (Å²) in [6.07, 6.45) is 2.73. The molecule has 0 bridgehead atoms. The summed E-state index contributed by atoms with van der Waals surface area (Å²) in [6.45, 7) is 5.00. The molecule has 1 aliphatic rings. The first-order valence-electron chi connectivity index (χ1n) is 10.1. The molecule has 0 amide bonds. The average molecular weight is 431 g/mol. The lowest BCUT2D eigenvalue weighted by Gasteiger charge is -2.31. The van der Waals surface area contributed by atoms with Crippen LogP contribution in [-0.2, 0) is 16.4 Å². The predicted molar refractivity (Wildman–Crippen MR) is 118 cm³/mol. The highest BCUT2D eigenvalue weighted by atomic mass is 32.2. The third kappa shape index (κ3) is 4.04. The Morgan fingerprint density at radius 2 is 1.76 bits per heavy atom. The van der Waals surface area contributed by atoms with E-state index in [4.69, 9.17) is 0 Å². The summed E-state index contributed by atoms with van der Waals surface area (Å²) in [5.41, 5.74) is 2.11. The van der Waals surface area contributed by atoms with E-state index in [1.807, 2.05) is 32.0 Å². The molecule has 1 saturated heterocycles. The third-order valence-corrected chi connectivity index (χ3v) is 8.49. The van der Waals surface area contributed by atoms with Crippen molar-refractivity contribution in [2.24, 2.45) is 5.92 Å². The van der Waals surface area contributed by atoms with Crippen molar-refractivity contribution in [3.05, 3.63) is 63.8 Å². The summed E-state index contributed by atoms with van der Waals surface area (Å²) < 4.78 is 30.4. The van der Waals surface area contributed by atoms with Crippen LogP contribution in [0.3, 0.4) is 0 Å². The number of piperidine rings is 1. The minimum absolute atomic E-state index is 0.0438. The molecule has 1 fully saturated rings. The normalized spacial score (nSPS) is 16.7. The first-order chi connectivity index (χ1) is 13.9. The molecule has 0 saturated carbocycles. The van der Waals surface area contributed by atoms with Crippen molar-refractivity contribution in [3.63, 3.8) is 0 Å². The van der Waals surface area contributed by atoms with E-state index < -0.39 is 10.0 Å². The molecule has 5 nitrogen and oxygen atoms in total. The van der Waals surface area contributed by atoms with Gasteiger partial charge in [-0.25, -0.2) is 8.42 Å². The zero-order valence-corrected chi connectivity index (χ0v) is 18.4. The number of hydrogen-bond acceptors (Lipinski definition) is 4. The number of benzene rings is 2. The van der Waals surface area contributed by atoms with Crippen LogP contribution in [0.5, 0.6) is 0 Å². The number of rotatable bonds is 5. The molecule has 2 aromatic carbocycles. The van der Waals surface area contributed by atoms with Crippen LogP contribution in [0.4, 0.5) is 0 Å². The van der Waals surface area contributed by atoms with E-state index in [0.717, 1.165) is 40.8 Å². The molecule has 0 unspecified atom stereocenters. The van der Waals surface area contributed by atoms with E-state index in [0.29, 0.717) is 19.0 Å². The van der Waals surface area contributed by atoms with Gasteiger partial charge in [0, 0.05) is 19.1 Å². The molecule has 0 spiro atoms. The number of aromatic nitrogens is 1. The maximum Gasteiger partial charge on any atom is 0.308 e. The van der Waals surface area contributed by atoms with Crippen molar-refractivity contribution in [1.82, 2.24) is 8.87 Å². The fourth-order valence-corrected chi connectivity index (χ4v) is 6.74. The van der Waals surface area contributed by atoms with Gasteiger partial charge in [0.2, 0.25) is 10.0 Å². The Labute approximate surface area is 175 Å². The van der Waals surface area contributed by atoms with Crippen LogP contribution in [-0.4, -0.2) is 30.4 Å². The van der Waals surface area contributed by atoms with Crippen LogP contribution >= 0.6 is 11.3 Å². The molecule has 154 valence electrons. The monoisotopic (exact) mass is 430 g/mol. The van der Waals surface area contributed by atoms with Crippen molar-refractivity contribution >= 4 is 31.6 Å². The molecule has 4 rings (SSSR count). The van der Waals surface area contributed by atoms with Gasteiger partial charge < -0.3 is 0 Å². The second-order valence-electron chi connectivity index (χ2n) is 8.00. The molecule has 0 aliphatic carbocycles. The summed E-state index contributed by atoms with van der Waals surface area (Å²) in [5, 5.41) is 0. The molecular formula is C22H26N2O3S2. The Hall–Kier alpha value is -1.96. The van der Waals surface area contributed by atoms with Gasteiger partial charge >= 0.3 is 4.87 Å². The number of nitrogens with zero attached hydrogens (tertiary/aromatic N) is 2. The average Bonchev–Trinajstić information content (AvgIpc) is 3.04.